The van der Waals surface area contributed by atoms with Crippen LogP contribution >= 0.6 is 11.8 Å². The highest BCUT2D eigenvalue weighted by Crippen LogP contribution is 2.49. The maximum absolute atomic E-state index is 15.5. The number of imide groups is 1. The summed E-state index contributed by atoms with van der Waals surface area (Å²) in [6.45, 7) is 2.31. The summed E-state index contributed by atoms with van der Waals surface area (Å²) in [4.78, 5) is 53.0. The van der Waals surface area contributed by atoms with E-state index in [-0.39, 0.29) is 66.1 Å². The maximum atomic E-state index is 15.5. The number of sulfonamides is 1. The van der Waals surface area contributed by atoms with E-state index in [1.807, 2.05) is 25.1 Å². The molecule has 302 valence electrons. The fourth-order valence-electron chi connectivity index (χ4n) is 8.61. The number of piperidine rings is 1. The smallest absolute Gasteiger partial charge is 0.255 e. The molecule has 4 aliphatic rings. The van der Waals surface area contributed by atoms with Gasteiger partial charge in [0.25, 0.3) is 5.91 Å². The number of carbonyl (C=O) groups is 4. The van der Waals surface area contributed by atoms with Gasteiger partial charge in [0.05, 0.1) is 23.6 Å². The number of nitrogens with zero attached hydrogens (tertiary/aromatic N) is 2. The quantitative estimate of drug-likeness (QED) is 0.0762. The van der Waals surface area contributed by atoms with Crippen LogP contribution in [0.2, 0.25) is 0 Å². The van der Waals surface area contributed by atoms with E-state index >= 15 is 4.39 Å². The number of unbranched alkanes of at least 4 members (excludes halogenated alkanes) is 1. The molecule has 0 aromatic heterocycles. The molecule has 4 amide bonds. The number of aryl methyl sites for hydroxylation is 1. The Morgan fingerprint density at radius 3 is 2.57 bits per heavy atom. The highest BCUT2D eigenvalue weighted by atomic mass is 32.2. The van der Waals surface area contributed by atoms with Gasteiger partial charge in [-0.3, -0.25) is 24.5 Å². The third kappa shape index (κ3) is 7.63. The van der Waals surface area contributed by atoms with Crippen molar-refractivity contribution < 1.29 is 37.1 Å². The van der Waals surface area contributed by atoms with Gasteiger partial charge in [0.2, 0.25) is 27.7 Å². The minimum atomic E-state index is -3.88. The molecule has 4 aromatic rings. The Hall–Kier alpha value is -5.09. The molecule has 0 bridgehead atoms. The number of hydrogen-bond acceptors (Lipinski definition) is 9. The normalized spacial score (nSPS) is 21.6. The molecule has 0 saturated carbocycles. The fourth-order valence-corrected chi connectivity index (χ4v) is 11.4. The van der Waals surface area contributed by atoms with E-state index in [2.05, 4.69) is 16.0 Å². The van der Waals surface area contributed by atoms with Crippen LogP contribution in [0.4, 0.5) is 15.8 Å². The van der Waals surface area contributed by atoms with Gasteiger partial charge in [-0.2, -0.15) is 4.31 Å². The van der Waals surface area contributed by atoms with Gasteiger partial charge in [0, 0.05) is 59.2 Å². The lowest BCUT2D eigenvalue weighted by Gasteiger charge is -2.39. The van der Waals surface area contributed by atoms with Crippen molar-refractivity contribution in [1.82, 2.24) is 14.5 Å². The van der Waals surface area contributed by atoms with Gasteiger partial charge in [0.1, 0.15) is 11.9 Å². The summed E-state index contributed by atoms with van der Waals surface area (Å²) in [6.07, 6.45) is 2.61. The van der Waals surface area contributed by atoms with Crippen LogP contribution < -0.4 is 16.0 Å². The standard InChI is InChI=1S/C43H44FN5O7S2/c1-25-8-12-28(13-9-25)58(55,56)49-19-18-30-36(24-50)46-35-15-10-26(21-32(35)41(30)49)31-22-27(11-14-34(31)44)45-39(51)7-2-3-20-57-38-6-4-5-29-33(38)23-48(43(29)54)37-16-17-40(52)47-42(37)53/h4-6,8-15,21-22,30,36-37,41,46,50H,2-3,7,16-20,23-24H2,1H3,(H,45,51)(H,47,52,53)/t30-,36+,37?,41-/m1/s1. The summed E-state index contributed by atoms with van der Waals surface area (Å²) in [5.74, 6) is -1.20. The van der Waals surface area contributed by atoms with Gasteiger partial charge in [-0.05, 0) is 110 Å². The number of amides is 4. The molecule has 4 aliphatic heterocycles. The molecule has 0 aliphatic carbocycles. The second-order valence-corrected chi connectivity index (χ2v) is 18.3. The molecule has 58 heavy (non-hydrogen) atoms. The van der Waals surface area contributed by atoms with Crippen LogP contribution in [0.3, 0.4) is 0 Å². The molecular formula is C43H44FN5O7S2. The van der Waals surface area contributed by atoms with Gasteiger partial charge in [-0.25, -0.2) is 12.8 Å². The first-order chi connectivity index (χ1) is 27.9. The molecule has 2 fully saturated rings. The van der Waals surface area contributed by atoms with Crippen molar-refractivity contribution in [3.8, 4) is 11.1 Å². The number of aliphatic hydroxyl groups excluding tert-OH is 1. The topological polar surface area (TPSA) is 165 Å². The number of halogens is 1. The van der Waals surface area contributed by atoms with Crippen LogP contribution in [0.15, 0.2) is 88.7 Å². The Morgan fingerprint density at radius 2 is 1.79 bits per heavy atom. The van der Waals surface area contributed by atoms with Crippen LogP contribution in [-0.4, -0.2) is 77.3 Å². The van der Waals surface area contributed by atoms with Gasteiger partial charge in [-0.1, -0.05) is 29.8 Å². The molecule has 4 aromatic carbocycles. The third-order valence-electron chi connectivity index (χ3n) is 11.6. The highest BCUT2D eigenvalue weighted by molar-refractivity contribution is 7.99. The number of hydrogen-bond donors (Lipinski definition) is 4. The van der Waals surface area contributed by atoms with Crippen LogP contribution in [0.5, 0.6) is 0 Å². The van der Waals surface area contributed by atoms with E-state index < -0.39 is 33.8 Å². The Labute approximate surface area is 340 Å². The summed E-state index contributed by atoms with van der Waals surface area (Å²) in [5, 5.41) is 18.8. The number of anilines is 2. The van der Waals surface area contributed by atoms with Gasteiger partial charge >= 0.3 is 0 Å². The summed E-state index contributed by atoms with van der Waals surface area (Å²) < 4.78 is 44.9. The van der Waals surface area contributed by atoms with Crippen molar-refractivity contribution in [2.45, 2.75) is 79.9 Å². The number of rotatable bonds is 12. The Morgan fingerprint density at radius 1 is 0.983 bits per heavy atom. The molecule has 12 nitrogen and oxygen atoms in total. The van der Waals surface area contributed by atoms with E-state index in [1.54, 1.807) is 60.3 Å². The summed E-state index contributed by atoms with van der Waals surface area (Å²) in [7, 11) is -3.88. The maximum Gasteiger partial charge on any atom is 0.255 e. The van der Waals surface area contributed by atoms with Crippen molar-refractivity contribution in [2.75, 3.05) is 29.5 Å². The molecule has 4 heterocycles. The van der Waals surface area contributed by atoms with Crippen molar-refractivity contribution in [1.29, 1.82) is 0 Å². The van der Waals surface area contributed by atoms with Crippen LogP contribution in [0.1, 0.15) is 71.6 Å². The van der Waals surface area contributed by atoms with Crippen LogP contribution in [0.25, 0.3) is 11.1 Å². The lowest BCUT2D eigenvalue weighted by Crippen LogP contribution is -2.52. The predicted octanol–water partition coefficient (Wildman–Crippen LogP) is 6.00. The van der Waals surface area contributed by atoms with Crippen molar-refractivity contribution >= 4 is 56.8 Å². The largest absolute Gasteiger partial charge is 0.394 e. The number of fused-ring (bicyclic) bond motifs is 4. The zero-order chi connectivity index (χ0) is 40.7. The molecule has 0 radical (unpaired) electrons. The minimum Gasteiger partial charge on any atom is -0.394 e. The highest BCUT2D eigenvalue weighted by Gasteiger charge is 2.48. The summed E-state index contributed by atoms with van der Waals surface area (Å²) in [5.41, 5.74) is 4.97. The number of aliphatic hydroxyl groups is 1. The first-order valence-electron chi connectivity index (χ1n) is 19.5. The minimum absolute atomic E-state index is 0.167. The van der Waals surface area contributed by atoms with E-state index in [0.29, 0.717) is 59.6 Å². The zero-order valence-corrected chi connectivity index (χ0v) is 33.5. The van der Waals surface area contributed by atoms with E-state index in [1.165, 1.54) is 21.3 Å². The average Bonchev–Trinajstić information content (AvgIpc) is 3.81. The lowest BCUT2D eigenvalue weighted by molar-refractivity contribution is -0.137. The fraction of sp³-hybridized carbons (Fsp3) is 0.349. The first-order valence-corrected chi connectivity index (χ1v) is 21.9. The van der Waals surface area contributed by atoms with Gasteiger partial charge in [0.15, 0.2) is 0 Å². The van der Waals surface area contributed by atoms with Gasteiger partial charge in [-0.15, -0.1) is 11.8 Å². The van der Waals surface area contributed by atoms with Crippen molar-refractivity contribution in [3.05, 3.63) is 107 Å². The predicted molar refractivity (Wildman–Crippen MR) is 218 cm³/mol. The second-order valence-electron chi connectivity index (χ2n) is 15.3. The molecule has 8 rings (SSSR count). The van der Waals surface area contributed by atoms with Gasteiger partial charge < -0.3 is 20.6 Å². The summed E-state index contributed by atoms with van der Waals surface area (Å²) >= 11 is 1.59. The molecule has 1 unspecified atom stereocenters. The summed E-state index contributed by atoms with van der Waals surface area (Å²) in [6, 6.07) is 20.4. The number of nitrogens with one attached hydrogen (secondary N) is 3. The Bertz CT molecular complexity index is 2410. The zero-order valence-electron chi connectivity index (χ0n) is 31.9. The van der Waals surface area contributed by atoms with E-state index in [0.717, 1.165) is 22.4 Å². The first kappa shape index (κ1) is 39.7. The molecular weight excluding hydrogens is 782 g/mol. The second kappa shape index (κ2) is 16.3. The number of thioether (sulfide) groups is 1. The van der Waals surface area contributed by atoms with Crippen LogP contribution in [0, 0.1) is 18.7 Å². The number of carbonyl (C=O) groups excluding carboxylic acids is 4. The molecule has 4 atom stereocenters. The third-order valence-corrected chi connectivity index (χ3v) is 14.7. The van der Waals surface area contributed by atoms with E-state index in [4.69, 9.17) is 0 Å². The average molecular weight is 826 g/mol. The van der Waals surface area contributed by atoms with Crippen molar-refractivity contribution in [2.24, 2.45) is 5.92 Å². The van der Waals surface area contributed by atoms with Crippen molar-refractivity contribution in [3.63, 3.8) is 0 Å². The molecule has 15 heteroatoms. The lowest BCUT2D eigenvalue weighted by atomic mass is 9.82. The molecule has 0 spiro atoms. The molecule has 2 saturated heterocycles. The Balaban J connectivity index is 0.904. The number of benzene rings is 4. The van der Waals surface area contributed by atoms with E-state index in [9.17, 15) is 32.7 Å². The SMILES string of the molecule is Cc1ccc(S(=O)(=O)N2CC[C@@H]3[C@H](CO)Nc4ccc(-c5cc(NC(=O)CCCCSc6cccc7c6CN(C6CCC(=O)NC6=O)C7=O)ccc5F)cc4[C@@H]32)cc1. The van der Waals surface area contributed by atoms with Crippen LogP contribution in [-0.2, 0) is 31.0 Å². The monoisotopic (exact) mass is 825 g/mol. The Kier molecular flexibility index (Phi) is 11.1. The molecule has 4 N–H and O–H groups in total.